The van der Waals surface area contributed by atoms with Crippen molar-refractivity contribution >= 4 is 12.0 Å². The summed E-state index contributed by atoms with van der Waals surface area (Å²) in [6.45, 7) is 5.25. The molecule has 0 amide bonds. The molecule has 1 aromatic rings. The normalized spacial score (nSPS) is 10.5. The summed E-state index contributed by atoms with van der Waals surface area (Å²) >= 11 is 0. The van der Waals surface area contributed by atoms with Crippen molar-refractivity contribution in [2.24, 2.45) is 0 Å². The molecule has 1 aromatic carbocycles. The van der Waals surface area contributed by atoms with Gasteiger partial charge in [-0.05, 0) is 31.5 Å². The maximum absolute atomic E-state index is 11.0. The fourth-order valence-corrected chi connectivity index (χ4v) is 1.48. The molecule has 0 fully saturated rings. The van der Waals surface area contributed by atoms with Gasteiger partial charge >= 0.3 is 5.97 Å². The predicted molar refractivity (Wildman–Crippen MR) is 63.7 cm³/mol. The Balaban J connectivity index is 3.32. The van der Waals surface area contributed by atoms with Gasteiger partial charge in [0, 0.05) is 12.5 Å². The number of hydrogen-bond donors (Lipinski definition) is 0. The first-order valence-corrected chi connectivity index (χ1v) is 5.08. The zero-order chi connectivity index (χ0) is 12.1. The second-order valence-electron chi connectivity index (χ2n) is 3.48. The Morgan fingerprint density at radius 1 is 1.38 bits per heavy atom. The molecule has 0 saturated heterocycles. The van der Waals surface area contributed by atoms with Gasteiger partial charge in [-0.2, -0.15) is 0 Å². The number of methoxy groups -OCH3 is 1. The molecule has 0 aromatic heterocycles. The summed E-state index contributed by atoms with van der Waals surface area (Å²) in [4.78, 5) is 11.0. The summed E-state index contributed by atoms with van der Waals surface area (Å²) in [6.07, 6.45) is 3.77. The summed E-state index contributed by atoms with van der Waals surface area (Å²) < 4.78 is 10.4. The Labute approximate surface area is 95.7 Å². The molecule has 0 bridgehead atoms. The van der Waals surface area contributed by atoms with Crippen LogP contribution in [0.25, 0.3) is 6.08 Å². The first kappa shape index (κ1) is 12.3. The van der Waals surface area contributed by atoms with Crippen molar-refractivity contribution in [3.8, 4) is 11.5 Å². The highest BCUT2D eigenvalue weighted by Gasteiger charge is 2.12. The predicted octanol–water partition coefficient (Wildman–Crippen LogP) is 2.96. The minimum atomic E-state index is -0.354. The third kappa shape index (κ3) is 2.86. The molecule has 0 saturated carbocycles. The maximum Gasteiger partial charge on any atom is 0.308 e. The number of allylic oxidation sites excluding steroid dienone is 1. The molecule has 3 heteroatoms. The molecule has 1 rings (SSSR count). The van der Waals surface area contributed by atoms with Gasteiger partial charge in [0.15, 0.2) is 11.5 Å². The van der Waals surface area contributed by atoms with Gasteiger partial charge in [-0.3, -0.25) is 4.79 Å². The largest absolute Gasteiger partial charge is 0.493 e. The van der Waals surface area contributed by atoms with Gasteiger partial charge in [0.2, 0.25) is 0 Å². The second kappa shape index (κ2) is 5.35. The van der Waals surface area contributed by atoms with Crippen molar-refractivity contribution in [2.75, 3.05) is 7.11 Å². The molecular weight excluding hydrogens is 204 g/mol. The van der Waals surface area contributed by atoms with E-state index in [1.165, 1.54) is 6.92 Å². The van der Waals surface area contributed by atoms with Crippen molar-refractivity contribution in [1.29, 1.82) is 0 Å². The number of benzene rings is 1. The molecule has 0 aliphatic rings. The van der Waals surface area contributed by atoms with Crippen LogP contribution in [0.1, 0.15) is 25.0 Å². The molecule has 86 valence electrons. The fourth-order valence-electron chi connectivity index (χ4n) is 1.48. The topological polar surface area (TPSA) is 35.5 Å². The standard InChI is InChI=1S/C13H16O3/c1-5-6-11-7-9(2)8-12(15-4)13(11)16-10(3)14/h5-8H,1-4H3/b6-5+. The Morgan fingerprint density at radius 2 is 2.06 bits per heavy atom. The van der Waals surface area contributed by atoms with Gasteiger partial charge in [0.05, 0.1) is 7.11 Å². The number of esters is 1. The first-order chi connectivity index (χ1) is 7.58. The summed E-state index contributed by atoms with van der Waals surface area (Å²) in [5.41, 5.74) is 1.90. The Morgan fingerprint density at radius 3 is 2.56 bits per heavy atom. The Bertz CT molecular complexity index is 419. The molecule has 3 nitrogen and oxygen atoms in total. The van der Waals surface area contributed by atoms with Crippen LogP contribution >= 0.6 is 0 Å². The molecule has 0 heterocycles. The third-order valence-corrected chi connectivity index (χ3v) is 2.04. The molecule has 0 atom stereocenters. The quantitative estimate of drug-likeness (QED) is 0.580. The number of aryl methyl sites for hydroxylation is 1. The van der Waals surface area contributed by atoms with Crippen LogP contribution in [-0.4, -0.2) is 13.1 Å². The van der Waals surface area contributed by atoms with E-state index in [9.17, 15) is 4.79 Å². The summed E-state index contributed by atoms with van der Waals surface area (Å²) in [6, 6.07) is 3.78. The average Bonchev–Trinajstić information content (AvgIpc) is 2.21. The molecule has 0 aliphatic heterocycles. The highest BCUT2D eigenvalue weighted by Crippen LogP contribution is 2.33. The van der Waals surface area contributed by atoms with Crippen molar-refractivity contribution in [3.63, 3.8) is 0 Å². The minimum absolute atomic E-state index is 0.354. The van der Waals surface area contributed by atoms with E-state index in [1.807, 2.05) is 38.1 Å². The van der Waals surface area contributed by atoms with E-state index >= 15 is 0 Å². The van der Waals surface area contributed by atoms with Crippen LogP contribution < -0.4 is 9.47 Å². The molecule has 0 radical (unpaired) electrons. The van der Waals surface area contributed by atoms with Crippen LogP contribution in [0, 0.1) is 6.92 Å². The molecule has 0 spiro atoms. The van der Waals surface area contributed by atoms with E-state index in [2.05, 4.69) is 0 Å². The number of hydrogen-bond acceptors (Lipinski definition) is 3. The lowest BCUT2D eigenvalue weighted by molar-refractivity contribution is -0.132. The minimum Gasteiger partial charge on any atom is -0.493 e. The SMILES string of the molecule is C/C=C/c1cc(C)cc(OC)c1OC(C)=O. The lowest BCUT2D eigenvalue weighted by atomic mass is 10.1. The fraction of sp³-hybridized carbons (Fsp3) is 0.308. The zero-order valence-corrected chi connectivity index (χ0v) is 10.0. The van der Waals surface area contributed by atoms with Gasteiger partial charge in [0.25, 0.3) is 0 Å². The van der Waals surface area contributed by atoms with Crippen LogP contribution in [-0.2, 0) is 4.79 Å². The van der Waals surface area contributed by atoms with E-state index < -0.39 is 0 Å². The molecular formula is C13H16O3. The molecule has 0 N–H and O–H groups in total. The van der Waals surface area contributed by atoms with Crippen molar-refractivity contribution in [2.45, 2.75) is 20.8 Å². The highest BCUT2D eigenvalue weighted by molar-refractivity contribution is 5.74. The molecule has 16 heavy (non-hydrogen) atoms. The monoisotopic (exact) mass is 220 g/mol. The van der Waals surface area contributed by atoms with Gasteiger partial charge in [-0.15, -0.1) is 0 Å². The van der Waals surface area contributed by atoms with Crippen molar-refractivity contribution < 1.29 is 14.3 Å². The van der Waals surface area contributed by atoms with Gasteiger partial charge < -0.3 is 9.47 Å². The lowest BCUT2D eigenvalue weighted by Crippen LogP contribution is -2.05. The Kier molecular flexibility index (Phi) is 4.11. The number of ether oxygens (including phenoxy) is 2. The third-order valence-electron chi connectivity index (χ3n) is 2.04. The first-order valence-electron chi connectivity index (χ1n) is 5.08. The van der Waals surface area contributed by atoms with E-state index in [0.29, 0.717) is 11.5 Å². The zero-order valence-electron chi connectivity index (χ0n) is 10.0. The van der Waals surface area contributed by atoms with Gasteiger partial charge in [0.1, 0.15) is 0 Å². The van der Waals surface area contributed by atoms with Crippen LogP contribution in [0.5, 0.6) is 11.5 Å². The maximum atomic E-state index is 11.0. The van der Waals surface area contributed by atoms with E-state index in [4.69, 9.17) is 9.47 Å². The van der Waals surface area contributed by atoms with E-state index in [0.717, 1.165) is 11.1 Å². The highest BCUT2D eigenvalue weighted by atomic mass is 16.6. The average molecular weight is 220 g/mol. The second-order valence-corrected chi connectivity index (χ2v) is 3.48. The smallest absolute Gasteiger partial charge is 0.308 e. The summed E-state index contributed by atoms with van der Waals surface area (Å²) in [7, 11) is 1.56. The van der Waals surface area contributed by atoms with Gasteiger partial charge in [-0.1, -0.05) is 12.2 Å². The van der Waals surface area contributed by atoms with Crippen molar-refractivity contribution in [1.82, 2.24) is 0 Å². The Hall–Kier alpha value is -1.77. The number of carbonyl (C=O) groups excluding carboxylic acids is 1. The van der Waals surface area contributed by atoms with Gasteiger partial charge in [-0.25, -0.2) is 0 Å². The summed E-state index contributed by atoms with van der Waals surface area (Å²) in [5, 5.41) is 0. The number of carbonyl (C=O) groups is 1. The van der Waals surface area contributed by atoms with Crippen molar-refractivity contribution in [3.05, 3.63) is 29.3 Å². The molecule has 0 unspecified atom stereocenters. The summed E-state index contributed by atoms with van der Waals surface area (Å²) in [5.74, 6) is 0.690. The lowest BCUT2D eigenvalue weighted by Gasteiger charge is -2.12. The van der Waals surface area contributed by atoms with E-state index in [1.54, 1.807) is 7.11 Å². The van der Waals surface area contributed by atoms with Crippen LogP contribution in [0.4, 0.5) is 0 Å². The molecule has 0 aliphatic carbocycles. The van der Waals surface area contributed by atoms with Crippen LogP contribution in [0.2, 0.25) is 0 Å². The number of rotatable bonds is 3. The van der Waals surface area contributed by atoms with Crippen LogP contribution in [0.3, 0.4) is 0 Å². The van der Waals surface area contributed by atoms with Crippen LogP contribution in [0.15, 0.2) is 18.2 Å². The van der Waals surface area contributed by atoms with E-state index in [-0.39, 0.29) is 5.97 Å².